The topological polar surface area (TPSA) is 71.4 Å². The lowest BCUT2D eigenvalue weighted by molar-refractivity contribution is 0.00978. The number of aliphatic hydroxyl groups excluding tert-OH is 2. The quantitative estimate of drug-likeness (QED) is 0.608. The van der Waals surface area contributed by atoms with E-state index in [1.807, 2.05) is 11.9 Å². The van der Waals surface area contributed by atoms with Crippen molar-refractivity contribution in [1.82, 2.24) is 20.0 Å². The van der Waals surface area contributed by atoms with Crippen molar-refractivity contribution in [3.8, 4) is 0 Å². The van der Waals surface area contributed by atoms with Gasteiger partial charge in [0.25, 0.3) is 0 Å². The number of β-amino-alcohol motifs (C(OH)–C–C–N with tert-alkyl or cyclic N) is 1. The van der Waals surface area contributed by atoms with Crippen molar-refractivity contribution in [3.63, 3.8) is 0 Å². The monoisotopic (exact) mass is 346 g/mol. The molecule has 3 atom stereocenters. The van der Waals surface area contributed by atoms with Gasteiger partial charge in [-0.1, -0.05) is 0 Å². The van der Waals surface area contributed by atoms with Gasteiger partial charge in [-0.05, 0) is 47.5 Å². The highest BCUT2D eigenvalue weighted by Gasteiger charge is 2.26. The smallest absolute Gasteiger partial charge is 0.110 e. The highest BCUT2D eigenvalue weighted by Crippen LogP contribution is 2.14. The molecule has 3 fully saturated rings. The molecule has 3 aliphatic rings. The van der Waals surface area contributed by atoms with E-state index < -0.39 is 0 Å². The van der Waals surface area contributed by atoms with Gasteiger partial charge in [-0.3, -0.25) is 9.80 Å². The summed E-state index contributed by atoms with van der Waals surface area (Å²) in [7, 11) is 8.17. The van der Waals surface area contributed by atoms with E-state index in [0.29, 0.717) is 19.2 Å². The number of hydrogen-bond acceptors (Lipinski definition) is 7. The number of hydrogen-bond donors (Lipinski definition) is 3. The molecule has 7 nitrogen and oxygen atoms in total. The van der Waals surface area contributed by atoms with Gasteiger partial charge < -0.3 is 25.2 Å². The van der Waals surface area contributed by atoms with Crippen LogP contribution in [0.15, 0.2) is 0 Å². The van der Waals surface area contributed by atoms with E-state index in [-0.39, 0.29) is 18.8 Å². The van der Waals surface area contributed by atoms with E-state index in [1.54, 1.807) is 0 Å². The minimum Gasteiger partial charge on any atom is -0.395 e. The van der Waals surface area contributed by atoms with Crippen molar-refractivity contribution < 1.29 is 14.9 Å². The van der Waals surface area contributed by atoms with E-state index in [2.05, 4.69) is 36.3 Å². The van der Waals surface area contributed by atoms with Gasteiger partial charge in [-0.2, -0.15) is 0 Å². The van der Waals surface area contributed by atoms with Gasteiger partial charge >= 0.3 is 0 Å². The molecule has 0 bridgehead atoms. The highest BCUT2D eigenvalue weighted by molar-refractivity contribution is 4.81. The fraction of sp³-hybridized carbons (Fsp3) is 1.00. The highest BCUT2D eigenvalue weighted by atomic mass is 16.5. The summed E-state index contributed by atoms with van der Waals surface area (Å²) >= 11 is 0. The molecule has 0 spiro atoms. The molecule has 7 heteroatoms. The molecular formula is C17H38N4O3. The summed E-state index contributed by atoms with van der Waals surface area (Å²) in [5.74, 6) is 0. The van der Waals surface area contributed by atoms with Crippen LogP contribution in [-0.4, -0.2) is 117 Å². The second-order valence-corrected chi connectivity index (χ2v) is 7.15. The third-order valence-electron chi connectivity index (χ3n) is 4.70. The van der Waals surface area contributed by atoms with E-state index in [9.17, 15) is 0 Å². The van der Waals surface area contributed by atoms with Gasteiger partial charge in [0.15, 0.2) is 0 Å². The summed E-state index contributed by atoms with van der Waals surface area (Å²) in [6.07, 6.45) is 3.31. The van der Waals surface area contributed by atoms with Crippen LogP contribution in [0.4, 0.5) is 0 Å². The summed E-state index contributed by atoms with van der Waals surface area (Å²) in [5.41, 5.74) is 0. The minimum atomic E-state index is -0.229. The predicted octanol–water partition coefficient (Wildman–Crippen LogP) is -0.750. The fourth-order valence-corrected chi connectivity index (χ4v) is 3.01. The molecule has 0 amide bonds. The second-order valence-electron chi connectivity index (χ2n) is 7.15. The SMILES string of the molecule is CN(C)[C@H]1CCCO1.CN1CCNCC1.CN1C[C@@H](O)C[C@@H]1CO. The zero-order chi connectivity index (χ0) is 17.9. The Hall–Kier alpha value is -0.280. The van der Waals surface area contributed by atoms with Gasteiger partial charge in [0, 0.05) is 45.4 Å². The van der Waals surface area contributed by atoms with E-state index in [0.717, 1.165) is 19.7 Å². The van der Waals surface area contributed by atoms with Gasteiger partial charge in [-0.25, -0.2) is 0 Å². The van der Waals surface area contributed by atoms with Crippen molar-refractivity contribution >= 4 is 0 Å². The van der Waals surface area contributed by atoms with Crippen LogP contribution in [0.25, 0.3) is 0 Å². The first-order valence-corrected chi connectivity index (χ1v) is 9.10. The molecule has 3 rings (SSSR count). The number of nitrogens with one attached hydrogen (secondary N) is 1. The van der Waals surface area contributed by atoms with Crippen molar-refractivity contribution in [2.24, 2.45) is 0 Å². The normalized spacial score (nSPS) is 31.4. The van der Waals surface area contributed by atoms with Crippen molar-refractivity contribution in [1.29, 1.82) is 0 Å². The van der Waals surface area contributed by atoms with Crippen molar-refractivity contribution in [2.45, 2.75) is 37.6 Å². The van der Waals surface area contributed by atoms with E-state index in [1.165, 1.54) is 25.9 Å². The lowest BCUT2D eigenvalue weighted by Gasteiger charge is -2.21. The zero-order valence-electron chi connectivity index (χ0n) is 15.9. The number of rotatable bonds is 2. The largest absolute Gasteiger partial charge is 0.395 e. The molecule has 144 valence electrons. The summed E-state index contributed by atoms with van der Waals surface area (Å²) in [4.78, 5) is 6.42. The molecule has 3 aliphatic heterocycles. The number of likely N-dealkylation sites (tertiary alicyclic amines) is 1. The second kappa shape index (κ2) is 12.1. The van der Waals surface area contributed by atoms with Crippen LogP contribution >= 0.6 is 0 Å². The number of nitrogens with zero attached hydrogens (tertiary/aromatic N) is 3. The Balaban J connectivity index is 0.000000181. The minimum absolute atomic E-state index is 0.160. The Morgan fingerprint density at radius 2 is 1.88 bits per heavy atom. The molecule has 0 aliphatic carbocycles. The van der Waals surface area contributed by atoms with Crippen LogP contribution in [0.1, 0.15) is 19.3 Å². The average molecular weight is 347 g/mol. The Labute approximate surface area is 147 Å². The molecule has 3 saturated heterocycles. The van der Waals surface area contributed by atoms with Gasteiger partial charge in [0.1, 0.15) is 6.23 Å². The van der Waals surface area contributed by atoms with Crippen LogP contribution in [0.2, 0.25) is 0 Å². The molecule has 24 heavy (non-hydrogen) atoms. The fourth-order valence-electron chi connectivity index (χ4n) is 3.01. The van der Waals surface area contributed by atoms with Crippen LogP contribution in [0.5, 0.6) is 0 Å². The standard InChI is InChI=1S/C6H13NO2.C6H13NO.C5H12N2/c1-7-3-6(9)2-5(7)4-8;1-7(2)6-4-3-5-8-6;1-7-4-2-6-3-5-7/h5-6,8-9H,2-4H2,1H3;6H,3-5H2,1-2H3;6H,2-5H2,1H3/t5-,6+;6-;/m11./s1. The first-order valence-electron chi connectivity index (χ1n) is 9.10. The van der Waals surface area contributed by atoms with Crippen molar-refractivity contribution in [3.05, 3.63) is 0 Å². The molecular weight excluding hydrogens is 308 g/mol. The third kappa shape index (κ3) is 8.71. The Morgan fingerprint density at radius 1 is 1.21 bits per heavy atom. The van der Waals surface area contributed by atoms with Gasteiger partial charge in [0.2, 0.25) is 0 Å². The maximum atomic E-state index is 9.05. The number of ether oxygens (including phenoxy) is 1. The van der Waals surface area contributed by atoms with Crippen LogP contribution in [0.3, 0.4) is 0 Å². The molecule has 0 aromatic carbocycles. The molecule has 0 radical (unpaired) electrons. The van der Waals surface area contributed by atoms with Crippen LogP contribution in [0, 0.1) is 0 Å². The van der Waals surface area contributed by atoms with Crippen molar-refractivity contribution in [2.75, 3.05) is 74.1 Å². The number of piperazine rings is 1. The van der Waals surface area contributed by atoms with Gasteiger partial charge in [-0.15, -0.1) is 0 Å². The summed E-state index contributed by atoms with van der Waals surface area (Å²) in [6.45, 7) is 6.55. The summed E-state index contributed by atoms with van der Waals surface area (Å²) in [5, 5.41) is 21.0. The first kappa shape index (κ1) is 21.8. The van der Waals surface area contributed by atoms with E-state index >= 15 is 0 Å². The predicted molar refractivity (Wildman–Crippen MR) is 97.2 cm³/mol. The molecule has 3 heterocycles. The zero-order valence-corrected chi connectivity index (χ0v) is 15.9. The maximum absolute atomic E-state index is 9.05. The summed E-state index contributed by atoms with van der Waals surface area (Å²) in [6, 6.07) is 0.181. The Morgan fingerprint density at radius 3 is 2.12 bits per heavy atom. The third-order valence-corrected chi connectivity index (χ3v) is 4.70. The van der Waals surface area contributed by atoms with Crippen LogP contribution in [-0.2, 0) is 4.74 Å². The van der Waals surface area contributed by atoms with Crippen LogP contribution < -0.4 is 5.32 Å². The maximum Gasteiger partial charge on any atom is 0.110 e. The lowest BCUT2D eigenvalue weighted by atomic mass is 10.2. The van der Waals surface area contributed by atoms with Gasteiger partial charge in [0.05, 0.1) is 12.7 Å². The Kier molecular flexibility index (Phi) is 11.0. The molecule has 0 unspecified atom stereocenters. The molecule has 0 aromatic rings. The molecule has 3 N–H and O–H groups in total. The lowest BCUT2D eigenvalue weighted by Crippen LogP contribution is -2.40. The number of likely N-dealkylation sites (N-methyl/N-ethyl adjacent to an activating group) is 2. The summed E-state index contributed by atoms with van der Waals surface area (Å²) < 4.78 is 5.34. The number of aliphatic hydroxyl groups is 2. The molecule has 0 aromatic heterocycles. The van der Waals surface area contributed by atoms with E-state index in [4.69, 9.17) is 14.9 Å². The average Bonchev–Trinajstić information content (AvgIpc) is 3.19. The first-order chi connectivity index (χ1) is 11.4. The molecule has 0 saturated carbocycles. The Bertz CT molecular complexity index is 308.